The summed E-state index contributed by atoms with van der Waals surface area (Å²) in [6.07, 6.45) is -10.2. The summed E-state index contributed by atoms with van der Waals surface area (Å²) in [6.45, 7) is 2.00. The van der Waals surface area contributed by atoms with Gasteiger partial charge in [-0.05, 0) is 27.8 Å². The number of rotatable bonds is 21. The van der Waals surface area contributed by atoms with E-state index in [0.29, 0.717) is 0 Å². The molecule has 13 heteroatoms. The van der Waals surface area contributed by atoms with Gasteiger partial charge < -0.3 is 52.1 Å². The van der Waals surface area contributed by atoms with Crippen molar-refractivity contribution in [3.8, 4) is 0 Å². The van der Waals surface area contributed by atoms with Gasteiger partial charge in [0.25, 0.3) is 0 Å². The highest BCUT2D eigenvalue weighted by molar-refractivity contribution is 5.76. The Labute approximate surface area is 374 Å². The molecule has 2 saturated heterocycles. The monoisotopic (exact) mass is 876 g/mol. The molecule has 2 heterocycles. The summed E-state index contributed by atoms with van der Waals surface area (Å²) in [7, 11) is 2.77. The number of hydrogen-bond acceptors (Lipinski definition) is 13. The van der Waals surface area contributed by atoms with Gasteiger partial charge in [0.2, 0.25) is 0 Å². The summed E-state index contributed by atoms with van der Waals surface area (Å²) in [4.78, 5) is 26.2. The first-order valence-corrected chi connectivity index (χ1v) is 21.4. The van der Waals surface area contributed by atoms with E-state index in [4.69, 9.17) is 52.1 Å². The molecule has 0 amide bonds. The first kappa shape index (κ1) is 46.7. The van der Waals surface area contributed by atoms with Gasteiger partial charge in [0.05, 0.1) is 46.8 Å². The molecule has 2 fully saturated rings. The molecule has 0 bridgehead atoms. The van der Waals surface area contributed by atoms with Crippen molar-refractivity contribution in [2.24, 2.45) is 0 Å². The molecule has 5 aromatic rings. The van der Waals surface area contributed by atoms with Gasteiger partial charge in [0.1, 0.15) is 36.6 Å². The number of ether oxygens (including phenoxy) is 11. The van der Waals surface area contributed by atoms with E-state index in [0.717, 1.165) is 27.8 Å². The van der Waals surface area contributed by atoms with Crippen LogP contribution in [0.3, 0.4) is 0 Å². The Morgan fingerprint density at radius 2 is 0.797 bits per heavy atom. The van der Waals surface area contributed by atoms with Crippen molar-refractivity contribution in [1.29, 1.82) is 0 Å². The van der Waals surface area contributed by atoms with E-state index in [9.17, 15) is 9.59 Å². The lowest BCUT2D eigenvalue weighted by Gasteiger charge is -2.47. The highest BCUT2D eigenvalue weighted by Crippen LogP contribution is 2.35. The van der Waals surface area contributed by atoms with E-state index in [-0.39, 0.29) is 39.6 Å². The zero-order chi connectivity index (χ0) is 44.5. The Kier molecular flexibility index (Phi) is 17.6. The molecule has 2 aliphatic rings. The third-order valence-electron chi connectivity index (χ3n) is 10.9. The van der Waals surface area contributed by atoms with E-state index < -0.39 is 73.4 Å². The molecule has 0 radical (unpaired) electrons. The Morgan fingerprint density at radius 3 is 1.17 bits per heavy atom. The maximum Gasteiger partial charge on any atom is 0.339 e. The van der Waals surface area contributed by atoms with Gasteiger partial charge in [-0.15, -0.1) is 0 Å². The fraction of sp³-hybridized carbons (Fsp3) is 0.373. The molecule has 0 aromatic heterocycles. The maximum absolute atomic E-state index is 13.5. The van der Waals surface area contributed by atoms with Crippen LogP contribution in [0.2, 0.25) is 0 Å². The zero-order valence-corrected chi connectivity index (χ0v) is 36.3. The SMILES string of the molecule is COC(=O)[C@H]1O[C@H](OC[C@H]2O[C@H](OC)[C@H](OCc3ccccc3)[C@@H](OCc3ccccc3)[C@@H]2OCc2ccccc2)[C@@H](OCc2ccccc2)[C@@H](OCc2ccccc2)[C@@H]1OC(C)=O. The average molecular weight is 877 g/mol. The third-order valence-corrected chi connectivity index (χ3v) is 10.9. The van der Waals surface area contributed by atoms with Crippen LogP contribution in [0.4, 0.5) is 0 Å². The smallest absolute Gasteiger partial charge is 0.339 e. The molecule has 0 unspecified atom stereocenters. The molecular weight excluding hydrogens is 821 g/mol. The van der Waals surface area contributed by atoms with Crippen molar-refractivity contribution in [3.63, 3.8) is 0 Å². The molecule has 10 atom stereocenters. The number of carbonyl (C=O) groups is 2. The van der Waals surface area contributed by atoms with Gasteiger partial charge in [-0.3, -0.25) is 4.79 Å². The van der Waals surface area contributed by atoms with Gasteiger partial charge in [-0.25, -0.2) is 4.79 Å². The lowest BCUT2D eigenvalue weighted by molar-refractivity contribution is -0.344. The van der Waals surface area contributed by atoms with Crippen molar-refractivity contribution in [2.45, 2.75) is 101 Å². The Morgan fingerprint density at radius 1 is 0.438 bits per heavy atom. The first-order valence-electron chi connectivity index (χ1n) is 21.4. The van der Waals surface area contributed by atoms with Crippen molar-refractivity contribution >= 4 is 11.9 Å². The molecular formula is C51H56O13. The largest absolute Gasteiger partial charge is 0.467 e. The number of benzene rings is 5. The van der Waals surface area contributed by atoms with E-state index in [1.165, 1.54) is 14.0 Å². The van der Waals surface area contributed by atoms with E-state index in [1.54, 1.807) is 7.11 Å². The predicted molar refractivity (Wildman–Crippen MR) is 233 cm³/mol. The quantitative estimate of drug-likeness (QED) is 0.0693. The van der Waals surface area contributed by atoms with E-state index >= 15 is 0 Å². The minimum absolute atomic E-state index is 0.0938. The molecule has 338 valence electrons. The molecule has 0 aliphatic carbocycles. The van der Waals surface area contributed by atoms with Crippen LogP contribution >= 0.6 is 0 Å². The van der Waals surface area contributed by atoms with Crippen LogP contribution in [-0.4, -0.2) is 94.2 Å². The Hall–Kier alpha value is -5.32. The third kappa shape index (κ3) is 12.9. The van der Waals surface area contributed by atoms with Crippen LogP contribution in [0.25, 0.3) is 0 Å². The Balaban J connectivity index is 1.22. The molecule has 64 heavy (non-hydrogen) atoms. The molecule has 2 aliphatic heterocycles. The fourth-order valence-electron chi connectivity index (χ4n) is 7.73. The Bertz CT molecular complexity index is 2110. The van der Waals surface area contributed by atoms with Gasteiger partial charge in [0, 0.05) is 14.0 Å². The topological polar surface area (TPSA) is 136 Å². The van der Waals surface area contributed by atoms with Crippen molar-refractivity contribution in [3.05, 3.63) is 179 Å². The normalized spacial score (nSPS) is 25.6. The van der Waals surface area contributed by atoms with Crippen LogP contribution in [0.5, 0.6) is 0 Å². The number of esters is 2. The number of methoxy groups -OCH3 is 2. The lowest BCUT2D eigenvalue weighted by atomic mass is 9.96. The van der Waals surface area contributed by atoms with Crippen molar-refractivity contribution < 1.29 is 61.7 Å². The molecule has 0 spiro atoms. The number of carbonyl (C=O) groups excluding carboxylic acids is 2. The molecule has 13 nitrogen and oxygen atoms in total. The summed E-state index contributed by atoms with van der Waals surface area (Å²) in [6, 6.07) is 48.5. The predicted octanol–water partition coefficient (Wildman–Crippen LogP) is 7.13. The molecule has 5 aromatic carbocycles. The van der Waals surface area contributed by atoms with Gasteiger partial charge in [-0.2, -0.15) is 0 Å². The minimum atomic E-state index is -1.45. The second kappa shape index (κ2) is 24.1. The van der Waals surface area contributed by atoms with Crippen LogP contribution in [0, 0.1) is 0 Å². The van der Waals surface area contributed by atoms with Crippen LogP contribution in [0.1, 0.15) is 34.7 Å². The molecule has 0 saturated carbocycles. The van der Waals surface area contributed by atoms with Crippen LogP contribution in [0.15, 0.2) is 152 Å². The maximum atomic E-state index is 13.5. The zero-order valence-electron chi connectivity index (χ0n) is 36.3. The molecule has 7 rings (SSSR count). The van der Waals surface area contributed by atoms with Gasteiger partial charge in [-0.1, -0.05) is 152 Å². The van der Waals surface area contributed by atoms with E-state index in [2.05, 4.69) is 0 Å². The highest BCUT2D eigenvalue weighted by Gasteiger charge is 2.54. The fourth-order valence-corrected chi connectivity index (χ4v) is 7.73. The van der Waals surface area contributed by atoms with Gasteiger partial charge in [0.15, 0.2) is 24.8 Å². The first-order chi connectivity index (χ1) is 31.4. The molecule has 0 N–H and O–H groups in total. The second-order valence-electron chi connectivity index (χ2n) is 15.4. The van der Waals surface area contributed by atoms with Crippen LogP contribution in [-0.2, 0) is 94.7 Å². The van der Waals surface area contributed by atoms with Crippen molar-refractivity contribution in [2.75, 3.05) is 20.8 Å². The van der Waals surface area contributed by atoms with E-state index in [1.807, 2.05) is 152 Å². The summed E-state index contributed by atoms with van der Waals surface area (Å²) in [5.74, 6) is -1.44. The average Bonchev–Trinajstić information content (AvgIpc) is 3.34. The highest BCUT2D eigenvalue weighted by atomic mass is 16.8. The lowest BCUT2D eigenvalue weighted by Crippen LogP contribution is -2.64. The summed E-state index contributed by atoms with van der Waals surface area (Å²) < 4.78 is 70.2. The minimum Gasteiger partial charge on any atom is -0.467 e. The van der Waals surface area contributed by atoms with Gasteiger partial charge >= 0.3 is 11.9 Å². The summed E-state index contributed by atoms with van der Waals surface area (Å²) in [5, 5.41) is 0. The second-order valence-corrected chi connectivity index (χ2v) is 15.4. The van der Waals surface area contributed by atoms with Crippen molar-refractivity contribution in [1.82, 2.24) is 0 Å². The summed E-state index contributed by atoms with van der Waals surface area (Å²) in [5.41, 5.74) is 4.54. The number of hydrogen-bond donors (Lipinski definition) is 0. The summed E-state index contributed by atoms with van der Waals surface area (Å²) >= 11 is 0. The van der Waals surface area contributed by atoms with Crippen LogP contribution < -0.4 is 0 Å². The standard InChI is InChI=1S/C51H56O13/c1-35(52)62-45-44(58-31-38-23-13-6-14-24-38)48(60-33-40-27-17-8-18-28-40)51(64-46(45)49(53)54-2)61-34-41-42(56-29-36-19-9-4-10-20-36)43(57-30-37-21-11-5-12-22-37)47(50(55-3)63-41)59-32-39-25-15-7-16-26-39/h4-28,41-48,50-51H,29-34H2,1-3H3/t41-,42-,43+,44+,45+,46+,47-,48+,50+,51+/m1/s1.